The van der Waals surface area contributed by atoms with E-state index >= 15 is 0 Å². The van der Waals surface area contributed by atoms with Crippen molar-refractivity contribution in [1.82, 2.24) is 29.6 Å². The van der Waals surface area contributed by atoms with Gasteiger partial charge in [0.25, 0.3) is 5.91 Å². The zero-order valence-corrected chi connectivity index (χ0v) is 18.3. The third-order valence-electron chi connectivity index (χ3n) is 7.58. The third kappa shape index (κ3) is 3.56. The number of aromatic nitrogens is 5. The van der Waals surface area contributed by atoms with Crippen LogP contribution in [0.5, 0.6) is 5.88 Å². The van der Waals surface area contributed by atoms with E-state index in [-0.39, 0.29) is 35.7 Å². The lowest BCUT2D eigenvalue weighted by Crippen LogP contribution is -2.63. The number of amides is 1. The Labute approximate surface area is 188 Å². The van der Waals surface area contributed by atoms with Crippen molar-refractivity contribution in [2.75, 3.05) is 19.7 Å². The maximum atomic E-state index is 13.1. The average Bonchev–Trinajstić information content (AvgIpc) is 3.63. The Kier molecular flexibility index (Phi) is 4.36. The fraction of sp³-hybridized carbons (Fsp3) is 0.682. The van der Waals surface area contributed by atoms with Gasteiger partial charge in [-0.15, -0.1) is 0 Å². The van der Waals surface area contributed by atoms with E-state index in [1.807, 2.05) is 11.0 Å². The molecule has 1 saturated heterocycles. The molecule has 0 radical (unpaired) electrons. The highest BCUT2D eigenvalue weighted by atomic mass is 19.4. The number of ether oxygens (including phenoxy) is 1. The number of hydrogen-bond acceptors (Lipinski definition) is 6. The minimum atomic E-state index is -4.29. The summed E-state index contributed by atoms with van der Waals surface area (Å²) in [4.78, 5) is 27.3. The van der Waals surface area contributed by atoms with E-state index in [1.165, 1.54) is 19.0 Å². The van der Waals surface area contributed by atoms with Gasteiger partial charge in [-0.25, -0.2) is 19.6 Å². The lowest BCUT2D eigenvalue weighted by molar-refractivity contribution is -0.194. The summed E-state index contributed by atoms with van der Waals surface area (Å²) in [6, 6.07) is 0.340. The number of carbonyl (C=O) groups excluding carboxylic acids is 1. The summed E-state index contributed by atoms with van der Waals surface area (Å²) < 4.78 is 46.5. The number of aryl methyl sites for hydroxylation is 1. The van der Waals surface area contributed by atoms with Crippen LogP contribution in [0, 0.1) is 17.8 Å². The zero-order chi connectivity index (χ0) is 23.0. The fourth-order valence-electron chi connectivity index (χ4n) is 5.03. The van der Waals surface area contributed by atoms with E-state index in [0.29, 0.717) is 30.7 Å². The van der Waals surface area contributed by atoms with E-state index < -0.39 is 18.2 Å². The highest BCUT2D eigenvalue weighted by molar-refractivity contribution is 5.92. The van der Waals surface area contributed by atoms with Crippen LogP contribution >= 0.6 is 0 Å². The summed E-state index contributed by atoms with van der Waals surface area (Å²) >= 11 is 0. The fourth-order valence-corrected chi connectivity index (χ4v) is 5.03. The number of rotatable bonds is 6. The average molecular weight is 462 g/mol. The summed E-state index contributed by atoms with van der Waals surface area (Å²) in [6.07, 6.45) is 3.27. The Bertz CT molecular complexity index is 1090. The molecule has 0 aromatic carbocycles. The first kappa shape index (κ1) is 20.9. The molecular weight excluding hydrogens is 437 g/mol. The van der Waals surface area contributed by atoms with Crippen molar-refractivity contribution < 1.29 is 22.7 Å². The standard InChI is InChI=1S/C22H25F3N6O2/c1-13-18(33-11-21(4-5-21)22(23,24)25)26-8-16(28-13)19(32)30-9-20(10-30)6-15(7-20)31-12-27-17(29-31)14-2-3-14/h8,12,14-15H,2-7,9-11H2,1H3. The quantitative estimate of drug-likeness (QED) is 0.654. The molecule has 3 aliphatic carbocycles. The van der Waals surface area contributed by atoms with Gasteiger partial charge in [0, 0.05) is 24.4 Å². The molecule has 3 saturated carbocycles. The van der Waals surface area contributed by atoms with E-state index in [0.717, 1.165) is 18.7 Å². The Balaban J connectivity index is 1.02. The van der Waals surface area contributed by atoms with Gasteiger partial charge < -0.3 is 9.64 Å². The maximum Gasteiger partial charge on any atom is 0.397 e. The van der Waals surface area contributed by atoms with Gasteiger partial charge in [-0.1, -0.05) is 0 Å². The number of hydrogen-bond donors (Lipinski definition) is 0. The van der Waals surface area contributed by atoms with Gasteiger partial charge in [0.05, 0.1) is 12.2 Å². The molecule has 2 aromatic rings. The summed E-state index contributed by atoms with van der Waals surface area (Å²) in [7, 11) is 0. The molecule has 11 heteroatoms. The minimum absolute atomic E-state index is 0.0439. The van der Waals surface area contributed by atoms with Crippen LogP contribution in [0.3, 0.4) is 0 Å². The molecule has 0 unspecified atom stereocenters. The molecule has 3 heterocycles. The van der Waals surface area contributed by atoms with Crippen molar-refractivity contribution in [3.05, 3.63) is 29.7 Å². The first-order chi connectivity index (χ1) is 15.7. The summed E-state index contributed by atoms with van der Waals surface area (Å²) in [6.45, 7) is 2.46. The molecule has 4 aliphatic rings. The highest BCUT2D eigenvalue weighted by Gasteiger charge is 2.64. The van der Waals surface area contributed by atoms with Crippen LogP contribution in [0.25, 0.3) is 0 Å². The molecule has 0 atom stereocenters. The van der Waals surface area contributed by atoms with Crippen molar-refractivity contribution in [3.63, 3.8) is 0 Å². The topological polar surface area (TPSA) is 86.0 Å². The molecule has 2 aromatic heterocycles. The van der Waals surface area contributed by atoms with Gasteiger partial charge in [-0.2, -0.15) is 18.3 Å². The number of carbonyl (C=O) groups is 1. The maximum absolute atomic E-state index is 13.1. The number of halogens is 3. The van der Waals surface area contributed by atoms with E-state index in [1.54, 1.807) is 11.8 Å². The Morgan fingerprint density at radius 2 is 1.94 bits per heavy atom. The van der Waals surface area contributed by atoms with E-state index in [4.69, 9.17) is 4.74 Å². The van der Waals surface area contributed by atoms with Crippen molar-refractivity contribution >= 4 is 5.91 Å². The van der Waals surface area contributed by atoms with Crippen LogP contribution in [0.4, 0.5) is 13.2 Å². The van der Waals surface area contributed by atoms with Crippen molar-refractivity contribution in [1.29, 1.82) is 0 Å². The first-order valence-electron chi connectivity index (χ1n) is 11.4. The SMILES string of the molecule is Cc1nc(C(=O)N2CC3(CC(n4cnc(C5CC5)n4)C3)C2)cnc1OCC1(C(F)(F)F)CC1. The molecule has 33 heavy (non-hydrogen) atoms. The van der Waals surface area contributed by atoms with Crippen molar-refractivity contribution in [2.24, 2.45) is 10.8 Å². The molecule has 4 fully saturated rings. The van der Waals surface area contributed by atoms with Crippen LogP contribution in [0.1, 0.15) is 72.5 Å². The van der Waals surface area contributed by atoms with Crippen LogP contribution in [0.2, 0.25) is 0 Å². The van der Waals surface area contributed by atoms with Crippen LogP contribution in [-0.2, 0) is 0 Å². The number of alkyl halides is 3. The summed E-state index contributed by atoms with van der Waals surface area (Å²) in [5.41, 5.74) is -1.13. The smallest absolute Gasteiger partial charge is 0.397 e. The molecule has 0 bridgehead atoms. The second kappa shape index (κ2) is 6.89. The van der Waals surface area contributed by atoms with Gasteiger partial charge in [0.1, 0.15) is 29.7 Å². The van der Waals surface area contributed by atoms with Crippen molar-refractivity contribution in [3.8, 4) is 5.88 Å². The first-order valence-corrected chi connectivity index (χ1v) is 11.4. The van der Waals surface area contributed by atoms with Gasteiger partial charge in [-0.05, 0) is 45.4 Å². The van der Waals surface area contributed by atoms with Gasteiger partial charge in [0.15, 0.2) is 5.82 Å². The van der Waals surface area contributed by atoms with Gasteiger partial charge in [-0.3, -0.25) is 4.79 Å². The molecule has 1 spiro atoms. The highest BCUT2D eigenvalue weighted by Crippen LogP contribution is 2.57. The second-order valence-electron chi connectivity index (χ2n) is 10.3. The molecule has 176 valence electrons. The van der Waals surface area contributed by atoms with Crippen molar-refractivity contribution in [2.45, 2.75) is 63.6 Å². The lowest BCUT2D eigenvalue weighted by atomic mass is 9.60. The molecule has 8 nitrogen and oxygen atoms in total. The minimum Gasteiger partial charge on any atom is -0.475 e. The molecular formula is C22H25F3N6O2. The Hall–Kier alpha value is -2.72. The Morgan fingerprint density at radius 3 is 2.55 bits per heavy atom. The molecule has 1 amide bonds. The predicted molar refractivity (Wildman–Crippen MR) is 109 cm³/mol. The predicted octanol–water partition coefficient (Wildman–Crippen LogP) is 3.45. The van der Waals surface area contributed by atoms with E-state index in [2.05, 4.69) is 20.1 Å². The monoisotopic (exact) mass is 462 g/mol. The third-order valence-corrected chi connectivity index (χ3v) is 7.58. The Morgan fingerprint density at radius 1 is 1.21 bits per heavy atom. The summed E-state index contributed by atoms with van der Waals surface area (Å²) in [5, 5.41) is 4.62. The zero-order valence-electron chi connectivity index (χ0n) is 18.3. The number of nitrogens with zero attached hydrogens (tertiary/aromatic N) is 6. The lowest BCUT2D eigenvalue weighted by Gasteiger charge is -2.58. The van der Waals surface area contributed by atoms with E-state index in [9.17, 15) is 18.0 Å². The molecule has 6 rings (SSSR count). The van der Waals surface area contributed by atoms with Crippen LogP contribution in [-0.4, -0.2) is 61.4 Å². The van der Waals surface area contributed by atoms with Crippen LogP contribution in [0.15, 0.2) is 12.5 Å². The van der Waals surface area contributed by atoms with Crippen LogP contribution < -0.4 is 4.74 Å². The molecule has 0 N–H and O–H groups in total. The summed E-state index contributed by atoms with van der Waals surface area (Å²) in [5.74, 6) is 1.32. The largest absolute Gasteiger partial charge is 0.475 e. The second-order valence-corrected chi connectivity index (χ2v) is 10.3. The van der Waals surface area contributed by atoms with Gasteiger partial charge in [0.2, 0.25) is 5.88 Å². The van der Waals surface area contributed by atoms with Gasteiger partial charge >= 0.3 is 6.18 Å². The molecule has 1 aliphatic heterocycles. The normalized spacial score (nSPS) is 23.2. The number of likely N-dealkylation sites (tertiary alicyclic amines) is 1.